The molecule has 2 N–H and O–H groups in total. The van der Waals surface area contributed by atoms with Gasteiger partial charge in [0.2, 0.25) is 17.7 Å². The first-order valence-corrected chi connectivity index (χ1v) is 11.9. The third-order valence-electron chi connectivity index (χ3n) is 6.16. The van der Waals surface area contributed by atoms with Gasteiger partial charge in [-0.05, 0) is 37.8 Å². The van der Waals surface area contributed by atoms with Gasteiger partial charge in [-0.1, -0.05) is 18.2 Å². The zero-order valence-electron chi connectivity index (χ0n) is 20.1. The van der Waals surface area contributed by atoms with Gasteiger partial charge in [0.05, 0.1) is 11.3 Å². The number of halogens is 3. The van der Waals surface area contributed by atoms with Gasteiger partial charge in [-0.25, -0.2) is 4.68 Å². The van der Waals surface area contributed by atoms with Crippen LogP contribution in [-0.4, -0.2) is 52.0 Å². The van der Waals surface area contributed by atoms with Crippen molar-refractivity contribution in [3.63, 3.8) is 0 Å². The molecule has 1 aliphatic carbocycles. The molecule has 2 amide bonds. The summed E-state index contributed by atoms with van der Waals surface area (Å²) in [5, 5.41) is 16.7. The number of carbonyl (C=O) groups is 2. The summed E-state index contributed by atoms with van der Waals surface area (Å²) in [4.78, 5) is 25.0. The van der Waals surface area contributed by atoms with Crippen LogP contribution in [0.15, 0.2) is 40.9 Å². The van der Waals surface area contributed by atoms with Crippen molar-refractivity contribution in [2.75, 3.05) is 20.2 Å². The van der Waals surface area contributed by atoms with Gasteiger partial charge in [0, 0.05) is 38.2 Å². The smallest absolute Gasteiger partial charge is 0.422 e. The van der Waals surface area contributed by atoms with Crippen LogP contribution in [0.1, 0.15) is 59.4 Å². The third-order valence-corrected chi connectivity index (χ3v) is 6.16. The van der Waals surface area contributed by atoms with Crippen LogP contribution >= 0.6 is 0 Å². The Morgan fingerprint density at radius 3 is 2.46 bits per heavy atom. The van der Waals surface area contributed by atoms with Crippen LogP contribution in [0.4, 0.5) is 13.2 Å². The van der Waals surface area contributed by atoms with E-state index in [2.05, 4.69) is 25.9 Å². The fourth-order valence-corrected chi connectivity index (χ4v) is 4.28. The number of benzene rings is 1. The minimum atomic E-state index is -4.80. The molecule has 1 fully saturated rings. The Morgan fingerprint density at radius 1 is 1.08 bits per heavy atom. The predicted molar refractivity (Wildman–Crippen MR) is 124 cm³/mol. The fraction of sp³-hybridized carbons (Fsp3) is 0.458. The van der Waals surface area contributed by atoms with Crippen molar-refractivity contribution >= 4 is 11.8 Å². The molecule has 10 nitrogen and oxygen atoms in total. The van der Waals surface area contributed by atoms with Crippen molar-refractivity contribution in [1.29, 1.82) is 0 Å². The normalized spacial score (nSPS) is 17.9. The van der Waals surface area contributed by atoms with E-state index in [-0.39, 0.29) is 37.4 Å². The lowest BCUT2D eigenvalue weighted by Gasteiger charge is -2.25. The molecule has 1 saturated carbocycles. The van der Waals surface area contributed by atoms with E-state index in [4.69, 9.17) is 9.15 Å². The van der Waals surface area contributed by atoms with Crippen molar-refractivity contribution in [1.82, 2.24) is 30.6 Å². The minimum Gasteiger partial charge on any atom is -0.422 e. The summed E-state index contributed by atoms with van der Waals surface area (Å²) in [6.45, 7) is 0.300. The minimum absolute atomic E-state index is 0.0298. The van der Waals surface area contributed by atoms with Crippen LogP contribution in [0, 0.1) is 5.92 Å². The molecule has 2 aromatic heterocycles. The number of methoxy groups -OCH3 is 1. The van der Waals surface area contributed by atoms with Crippen LogP contribution in [0.2, 0.25) is 0 Å². The van der Waals surface area contributed by atoms with Crippen molar-refractivity contribution in [3.8, 4) is 5.69 Å². The number of alkyl halides is 3. The molecule has 13 heteroatoms. The van der Waals surface area contributed by atoms with Gasteiger partial charge >= 0.3 is 6.18 Å². The second kappa shape index (κ2) is 11.5. The highest BCUT2D eigenvalue weighted by atomic mass is 19.4. The summed E-state index contributed by atoms with van der Waals surface area (Å²) < 4.78 is 52.0. The number of nitrogens with zero attached hydrogens (tertiary/aromatic N) is 4. The number of carbonyl (C=O) groups excluding carboxylic acids is 2. The lowest BCUT2D eigenvalue weighted by atomic mass is 9.81. The predicted octanol–water partition coefficient (Wildman–Crippen LogP) is 3.24. The van der Waals surface area contributed by atoms with Crippen LogP contribution < -0.4 is 10.6 Å². The molecule has 0 saturated heterocycles. The molecule has 4 rings (SSSR count). The molecule has 0 atom stereocenters. The number of hydrogen-bond donors (Lipinski definition) is 2. The van der Waals surface area contributed by atoms with E-state index < -0.39 is 23.3 Å². The van der Waals surface area contributed by atoms with E-state index in [1.165, 1.54) is 0 Å². The highest BCUT2D eigenvalue weighted by Gasteiger charge is 2.39. The Labute approximate surface area is 210 Å². The van der Waals surface area contributed by atoms with E-state index in [0.29, 0.717) is 30.3 Å². The topological polar surface area (TPSA) is 124 Å². The average molecular weight is 521 g/mol. The lowest BCUT2D eigenvalue weighted by molar-refractivity contribution is -0.141. The van der Waals surface area contributed by atoms with Crippen molar-refractivity contribution < 1.29 is 31.9 Å². The molecular formula is C24H27F3N6O4. The van der Waals surface area contributed by atoms with Crippen molar-refractivity contribution in [3.05, 3.63) is 59.6 Å². The molecule has 3 aromatic rings. The Hall–Kier alpha value is -3.74. The third kappa shape index (κ3) is 6.53. The van der Waals surface area contributed by atoms with Gasteiger partial charge in [-0.15, -0.1) is 10.2 Å². The van der Waals surface area contributed by atoms with E-state index >= 15 is 0 Å². The van der Waals surface area contributed by atoms with E-state index in [9.17, 15) is 22.8 Å². The molecule has 37 heavy (non-hydrogen) atoms. The van der Waals surface area contributed by atoms with Gasteiger partial charge in [-0.2, -0.15) is 18.3 Å². The quantitative estimate of drug-likeness (QED) is 0.415. The average Bonchev–Trinajstić information content (AvgIpc) is 3.55. The summed E-state index contributed by atoms with van der Waals surface area (Å²) >= 11 is 0. The molecular weight excluding hydrogens is 493 g/mol. The van der Waals surface area contributed by atoms with Crippen LogP contribution in [0.5, 0.6) is 0 Å². The SMILES string of the molecule is COCc1nnc([C@H]2CC[C@H](C(=O)NCCNC(=O)c3cn(-c4ccccc4)nc3C(F)(F)F)CC2)o1. The standard InChI is InChI=1S/C24H27F3N6O4/c1-36-14-19-30-31-23(37-19)16-9-7-15(8-10-16)21(34)28-11-12-29-22(35)18-13-33(17-5-3-2-4-6-17)32-20(18)24(25,26)27/h2-6,13,15-16H,7-12,14H2,1H3,(H,28,34)(H,29,35)/t15-,16-. The first-order chi connectivity index (χ1) is 17.8. The summed E-state index contributed by atoms with van der Waals surface area (Å²) in [6, 6.07) is 8.20. The first-order valence-electron chi connectivity index (χ1n) is 11.9. The van der Waals surface area contributed by atoms with E-state index in [1.807, 2.05) is 0 Å². The van der Waals surface area contributed by atoms with Crippen LogP contribution in [0.3, 0.4) is 0 Å². The Bertz CT molecular complexity index is 1200. The summed E-state index contributed by atoms with van der Waals surface area (Å²) in [7, 11) is 1.54. The summed E-state index contributed by atoms with van der Waals surface area (Å²) in [6.07, 6.45) is -1.04. The van der Waals surface area contributed by atoms with Gasteiger partial charge < -0.3 is 19.8 Å². The number of nitrogens with one attached hydrogen (secondary N) is 2. The molecule has 1 aliphatic rings. The zero-order valence-corrected chi connectivity index (χ0v) is 20.1. The molecule has 0 unspecified atom stereocenters. The number of rotatable bonds is 9. The molecule has 0 bridgehead atoms. The van der Waals surface area contributed by atoms with Crippen LogP contribution in [0.25, 0.3) is 5.69 Å². The monoisotopic (exact) mass is 520 g/mol. The van der Waals surface area contributed by atoms with Gasteiger partial charge in [0.15, 0.2) is 5.69 Å². The largest absolute Gasteiger partial charge is 0.435 e. The Morgan fingerprint density at radius 2 is 1.78 bits per heavy atom. The van der Waals surface area contributed by atoms with Crippen molar-refractivity contribution in [2.45, 2.75) is 44.4 Å². The van der Waals surface area contributed by atoms with E-state index in [1.54, 1.807) is 37.4 Å². The fourth-order valence-electron chi connectivity index (χ4n) is 4.28. The molecule has 198 valence electrons. The Kier molecular flexibility index (Phi) is 8.21. The Balaban J connectivity index is 1.25. The van der Waals surface area contributed by atoms with Gasteiger partial charge in [-0.3, -0.25) is 9.59 Å². The van der Waals surface area contributed by atoms with Gasteiger partial charge in [0.25, 0.3) is 5.91 Å². The number of hydrogen-bond acceptors (Lipinski definition) is 7. The zero-order chi connectivity index (χ0) is 26.4. The number of amides is 2. The molecule has 2 heterocycles. The maximum atomic E-state index is 13.5. The second-order valence-electron chi connectivity index (χ2n) is 8.73. The van der Waals surface area contributed by atoms with Crippen LogP contribution in [-0.2, 0) is 22.3 Å². The molecule has 0 spiro atoms. The number of para-hydroxylation sites is 1. The first kappa shape index (κ1) is 26.3. The highest BCUT2D eigenvalue weighted by Crippen LogP contribution is 2.35. The summed E-state index contributed by atoms with van der Waals surface area (Å²) in [5.41, 5.74) is -1.47. The molecule has 1 aromatic carbocycles. The molecule has 0 radical (unpaired) electrons. The maximum Gasteiger partial charge on any atom is 0.435 e. The number of aromatic nitrogens is 4. The van der Waals surface area contributed by atoms with Gasteiger partial charge in [0.1, 0.15) is 6.61 Å². The van der Waals surface area contributed by atoms with Crippen molar-refractivity contribution in [2.24, 2.45) is 5.92 Å². The number of ether oxygens (including phenoxy) is 1. The lowest BCUT2D eigenvalue weighted by Crippen LogP contribution is -2.38. The second-order valence-corrected chi connectivity index (χ2v) is 8.73. The summed E-state index contributed by atoms with van der Waals surface area (Å²) in [5.74, 6) is -0.241. The molecule has 0 aliphatic heterocycles. The highest BCUT2D eigenvalue weighted by molar-refractivity contribution is 5.95. The van der Waals surface area contributed by atoms with E-state index in [0.717, 1.165) is 23.7 Å². The maximum absolute atomic E-state index is 13.5.